The summed E-state index contributed by atoms with van der Waals surface area (Å²) in [5.74, 6) is 0. The number of primary sulfonamides is 1. The van der Waals surface area contributed by atoms with Gasteiger partial charge in [-0.3, -0.25) is 4.84 Å². The number of aromatic nitrogens is 2. The van der Waals surface area contributed by atoms with Gasteiger partial charge in [0.2, 0.25) is 10.0 Å². The van der Waals surface area contributed by atoms with Crippen molar-refractivity contribution in [2.24, 2.45) is 5.14 Å². The molecule has 1 fully saturated rings. The van der Waals surface area contributed by atoms with E-state index in [4.69, 9.17) is 9.98 Å². The summed E-state index contributed by atoms with van der Waals surface area (Å²) in [5, 5.41) is 10.3. The molecule has 1 aromatic rings. The fourth-order valence-electron chi connectivity index (χ4n) is 2.43. The Morgan fingerprint density at radius 1 is 1.55 bits per heavy atom. The number of hydrogen-bond donors (Lipinski definition) is 1. The van der Waals surface area contributed by atoms with Crippen LogP contribution in [0.3, 0.4) is 0 Å². The second kappa shape index (κ2) is 5.23. The largest absolute Gasteiger partial charge is 0.345 e. The molecule has 1 aromatic heterocycles. The Kier molecular flexibility index (Phi) is 3.51. The van der Waals surface area contributed by atoms with Gasteiger partial charge in [0.05, 0.1) is 37.3 Å². The zero-order valence-corrected chi connectivity index (χ0v) is 12.4. The van der Waals surface area contributed by atoms with Crippen LogP contribution in [0, 0.1) is 0 Å². The number of urea groups is 1. The van der Waals surface area contributed by atoms with Crippen molar-refractivity contribution in [1.82, 2.24) is 19.7 Å². The van der Waals surface area contributed by atoms with Crippen molar-refractivity contribution in [3.05, 3.63) is 31.1 Å². The second-order valence-electron chi connectivity index (χ2n) is 4.96. The van der Waals surface area contributed by atoms with Gasteiger partial charge in [0, 0.05) is 6.54 Å². The van der Waals surface area contributed by atoms with E-state index in [1.54, 1.807) is 11.0 Å². The van der Waals surface area contributed by atoms with Crippen LogP contribution in [0.2, 0.25) is 0 Å². The Labute approximate surface area is 127 Å². The molecule has 9 nitrogen and oxygen atoms in total. The smallest absolute Gasteiger partial charge is 0.314 e. The second-order valence-corrected chi connectivity index (χ2v) is 6.53. The highest BCUT2D eigenvalue weighted by Gasteiger charge is 2.41. The van der Waals surface area contributed by atoms with E-state index in [2.05, 4.69) is 11.7 Å². The molecule has 0 aromatic carbocycles. The third-order valence-electron chi connectivity index (χ3n) is 3.42. The van der Waals surface area contributed by atoms with E-state index in [1.807, 2.05) is 6.08 Å². The zero-order valence-electron chi connectivity index (χ0n) is 11.6. The lowest BCUT2D eigenvalue weighted by Crippen LogP contribution is -2.33. The fraction of sp³-hybridized carbons (Fsp3) is 0.333. The van der Waals surface area contributed by atoms with E-state index in [9.17, 15) is 13.2 Å². The van der Waals surface area contributed by atoms with Crippen molar-refractivity contribution < 1.29 is 18.0 Å². The maximum Gasteiger partial charge on any atom is 0.345 e. The molecule has 0 aliphatic carbocycles. The summed E-state index contributed by atoms with van der Waals surface area (Å²) in [7, 11) is -3.80. The molecular weight excluding hydrogens is 310 g/mol. The molecule has 1 unspecified atom stereocenters. The Balaban J connectivity index is 1.86. The van der Waals surface area contributed by atoms with Gasteiger partial charge in [-0.2, -0.15) is 10.2 Å². The van der Waals surface area contributed by atoms with Crippen molar-refractivity contribution in [3.63, 3.8) is 0 Å². The number of amides is 2. The normalized spacial score (nSPS) is 21.2. The summed E-state index contributed by atoms with van der Waals surface area (Å²) in [4.78, 5) is 19.0. The number of fused-ring (bicyclic) bond motifs is 2. The maximum absolute atomic E-state index is 12.1. The molecule has 1 atom stereocenters. The highest BCUT2D eigenvalue weighted by atomic mass is 32.2. The predicted octanol–water partition coefficient (Wildman–Crippen LogP) is -0.391. The Bertz CT molecular complexity index is 753. The summed E-state index contributed by atoms with van der Waals surface area (Å²) in [6.07, 6.45) is 5.88. The lowest BCUT2D eigenvalue weighted by molar-refractivity contribution is -0.107. The molecule has 2 bridgehead atoms. The Hall–Kier alpha value is -2.17. The molecule has 2 amide bonds. The molecule has 2 aliphatic rings. The van der Waals surface area contributed by atoms with Crippen molar-refractivity contribution >= 4 is 21.8 Å². The molecule has 0 radical (unpaired) electrons. The van der Waals surface area contributed by atoms with Gasteiger partial charge in [0.15, 0.2) is 0 Å². The number of hydroxylamine groups is 2. The van der Waals surface area contributed by atoms with Crippen molar-refractivity contribution in [3.8, 4) is 0 Å². The van der Waals surface area contributed by atoms with Crippen LogP contribution in [0.1, 0.15) is 0 Å². The third kappa shape index (κ3) is 2.51. The molecular formula is C12H15N5O4S. The monoisotopic (exact) mass is 325 g/mol. The number of carbonyl (C=O) groups is 1. The number of hydrogen-bond acceptors (Lipinski definition) is 5. The molecule has 22 heavy (non-hydrogen) atoms. The van der Waals surface area contributed by atoms with Crippen molar-refractivity contribution in [2.75, 3.05) is 19.7 Å². The lowest BCUT2D eigenvalue weighted by Gasteiger charge is -2.21. The summed E-state index contributed by atoms with van der Waals surface area (Å²) in [5.41, 5.74) is 0.684. The predicted molar refractivity (Wildman–Crippen MR) is 76.6 cm³/mol. The van der Waals surface area contributed by atoms with Gasteiger partial charge in [-0.25, -0.2) is 23.0 Å². The van der Waals surface area contributed by atoms with Gasteiger partial charge < -0.3 is 4.90 Å². The molecule has 10 heteroatoms. The first-order chi connectivity index (χ1) is 10.4. The highest BCUT2D eigenvalue weighted by molar-refractivity contribution is 7.89. The minimum Gasteiger partial charge on any atom is -0.314 e. The fourth-order valence-corrected chi connectivity index (χ4v) is 2.87. The van der Waals surface area contributed by atoms with Crippen LogP contribution >= 0.6 is 0 Å². The number of carbonyl (C=O) groups excluding carboxylic acids is 1. The first kappa shape index (κ1) is 14.8. The number of nitrogens with zero attached hydrogens (tertiary/aromatic N) is 4. The van der Waals surface area contributed by atoms with Crippen LogP contribution in [-0.4, -0.2) is 59.9 Å². The average molecular weight is 325 g/mol. The summed E-state index contributed by atoms with van der Waals surface area (Å²) in [6.45, 7) is 4.61. The van der Waals surface area contributed by atoms with E-state index in [1.165, 1.54) is 22.1 Å². The van der Waals surface area contributed by atoms with E-state index in [0.29, 0.717) is 18.8 Å². The van der Waals surface area contributed by atoms with Crippen molar-refractivity contribution in [1.29, 1.82) is 0 Å². The van der Waals surface area contributed by atoms with Gasteiger partial charge >= 0.3 is 6.03 Å². The molecule has 0 saturated carbocycles. The third-order valence-corrected chi connectivity index (χ3v) is 4.29. The summed E-state index contributed by atoms with van der Waals surface area (Å²) >= 11 is 0. The maximum atomic E-state index is 12.1. The zero-order chi connectivity index (χ0) is 15.9. The lowest BCUT2D eigenvalue weighted by atomic mass is 10.2. The van der Waals surface area contributed by atoms with Gasteiger partial charge in [-0.15, -0.1) is 6.58 Å². The van der Waals surface area contributed by atoms with Crippen LogP contribution < -0.4 is 5.14 Å². The molecule has 2 aliphatic heterocycles. The number of nitrogens with two attached hydrogens (primary N) is 1. The van der Waals surface area contributed by atoms with E-state index >= 15 is 0 Å². The van der Waals surface area contributed by atoms with Gasteiger partial charge in [-0.1, -0.05) is 6.08 Å². The minimum atomic E-state index is -3.80. The van der Waals surface area contributed by atoms with Gasteiger partial charge in [0.25, 0.3) is 0 Å². The molecule has 118 valence electrons. The quantitative estimate of drug-likeness (QED) is 0.741. The van der Waals surface area contributed by atoms with Gasteiger partial charge in [-0.05, 0) is 6.08 Å². The molecule has 3 heterocycles. The Morgan fingerprint density at radius 3 is 2.95 bits per heavy atom. The van der Waals surface area contributed by atoms with Crippen LogP contribution in [-0.2, 0) is 14.9 Å². The topological polar surface area (TPSA) is 111 Å². The van der Waals surface area contributed by atoms with E-state index < -0.39 is 10.0 Å². The molecule has 3 rings (SSSR count). The number of sulfonamides is 1. The Morgan fingerprint density at radius 2 is 2.32 bits per heavy atom. The number of rotatable bonds is 5. The standard InChI is InChI=1S/C12H15N5O4S/c1-2-3-21-17-10-4-9(6-15(7-10)12(17)18)16-8-11(5-14-16)22(13,19)20/h2,4-5,8,10H,1,3,6-7H2,(H2,13,19,20). The van der Waals surface area contributed by atoms with E-state index in [-0.39, 0.29) is 23.6 Å². The van der Waals surface area contributed by atoms with Crippen LogP contribution in [0.15, 0.2) is 36.0 Å². The van der Waals surface area contributed by atoms with Crippen LogP contribution in [0.4, 0.5) is 4.79 Å². The molecule has 2 N–H and O–H groups in total. The van der Waals surface area contributed by atoms with Crippen molar-refractivity contribution in [2.45, 2.75) is 10.9 Å². The first-order valence-corrected chi connectivity index (χ1v) is 8.05. The summed E-state index contributed by atoms with van der Waals surface area (Å²) in [6, 6.07) is -0.491. The summed E-state index contributed by atoms with van der Waals surface area (Å²) < 4.78 is 24.0. The minimum absolute atomic E-state index is 0.0765. The van der Waals surface area contributed by atoms with Crippen LogP contribution in [0.5, 0.6) is 0 Å². The molecule has 0 spiro atoms. The molecule has 1 saturated heterocycles. The highest BCUT2D eigenvalue weighted by Crippen LogP contribution is 2.26. The van der Waals surface area contributed by atoms with Crippen LogP contribution in [0.25, 0.3) is 5.70 Å². The van der Waals surface area contributed by atoms with E-state index in [0.717, 1.165) is 0 Å². The average Bonchev–Trinajstić information content (AvgIpc) is 3.03. The van der Waals surface area contributed by atoms with Gasteiger partial charge in [0.1, 0.15) is 4.90 Å². The SMILES string of the molecule is C=CCON1C(=O)N2CC(n3cc(S(N)(=O)=O)cn3)=CC1C2. The first-order valence-electron chi connectivity index (χ1n) is 6.50.